The van der Waals surface area contributed by atoms with Crippen LogP contribution in [0.3, 0.4) is 0 Å². The zero-order valence-electron chi connectivity index (χ0n) is 11.6. The molecule has 2 aliphatic carbocycles. The summed E-state index contributed by atoms with van der Waals surface area (Å²) in [6.45, 7) is 1.82. The van der Waals surface area contributed by atoms with Gasteiger partial charge in [0.25, 0.3) is 0 Å². The number of hydrogen-bond acceptors (Lipinski definition) is 2. The van der Waals surface area contributed by atoms with Gasteiger partial charge in [-0.25, -0.2) is 0 Å². The molecule has 0 aliphatic heterocycles. The molecule has 2 N–H and O–H groups in total. The highest BCUT2D eigenvalue weighted by Crippen LogP contribution is 2.57. The maximum absolute atomic E-state index is 12.2. The van der Waals surface area contributed by atoms with E-state index in [1.165, 1.54) is 19.3 Å². The van der Waals surface area contributed by atoms with Crippen molar-refractivity contribution in [3.63, 3.8) is 0 Å². The molecule has 1 amide bonds. The standard InChI is InChI=1S/C17H19NO2/c1-11-10-13(8-7-12(11)4-3-9-19)18-17(20)16-14-5-2-6-15(14)16/h7-8,10,14-16,19H,2,5-6,9H2,1H3,(H,18,20). The number of hydrogen-bond donors (Lipinski definition) is 2. The second-order valence-electron chi connectivity index (χ2n) is 5.76. The molecule has 1 aromatic carbocycles. The lowest BCUT2D eigenvalue weighted by Crippen LogP contribution is -2.16. The van der Waals surface area contributed by atoms with Crippen LogP contribution in [0.5, 0.6) is 0 Å². The Labute approximate surface area is 119 Å². The smallest absolute Gasteiger partial charge is 0.228 e. The van der Waals surface area contributed by atoms with Crippen molar-refractivity contribution >= 4 is 11.6 Å². The molecule has 104 valence electrons. The van der Waals surface area contributed by atoms with Crippen LogP contribution < -0.4 is 5.32 Å². The molecule has 2 unspecified atom stereocenters. The van der Waals surface area contributed by atoms with E-state index in [2.05, 4.69) is 17.2 Å². The number of carbonyl (C=O) groups excluding carboxylic acids is 1. The van der Waals surface area contributed by atoms with Crippen LogP contribution in [0.2, 0.25) is 0 Å². The highest BCUT2D eigenvalue weighted by Gasteiger charge is 2.56. The minimum atomic E-state index is -0.137. The molecule has 0 saturated heterocycles. The van der Waals surface area contributed by atoms with Gasteiger partial charge in [0.15, 0.2) is 0 Å². The summed E-state index contributed by atoms with van der Waals surface area (Å²) in [6.07, 6.45) is 3.73. The van der Waals surface area contributed by atoms with E-state index < -0.39 is 0 Å². The van der Waals surface area contributed by atoms with E-state index >= 15 is 0 Å². The number of rotatable bonds is 2. The van der Waals surface area contributed by atoms with Crippen LogP contribution in [-0.2, 0) is 4.79 Å². The molecular formula is C17H19NO2. The summed E-state index contributed by atoms with van der Waals surface area (Å²) in [7, 11) is 0. The number of anilines is 1. The second-order valence-corrected chi connectivity index (χ2v) is 5.76. The topological polar surface area (TPSA) is 49.3 Å². The fourth-order valence-corrected chi connectivity index (χ4v) is 3.45. The van der Waals surface area contributed by atoms with Crippen molar-refractivity contribution in [2.24, 2.45) is 17.8 Å². The number of fused-ring (bicyclic) bond motifs is 1. The fraction of sp³-hybridized carbons (Fsp3) is 0.471. The highest BCUT2D eigenvalue weighted by atomic mass is 16.2. The number of aliphatic hydroxyl groups excluding tert-OH is 1. The Bertz CT molecular complexity index is 587. The molecule has 0 radical (unpaired) electrons. The number of benzene rings is 1. The molecule has 2 aliphatic rings. The quantitative estimate of drug-likeness (QED) is 0.810. The fourth-order valence-electron chi connectivity index (χ4n) is 3.45. The van der Waals surface area contributed by atoms with Crippen molar-refractivity contribution in [2.75, 3.05) is 11.9 Å². The predicted octanol–water partition coefficient (Wildman–Crippen LogP) is 2.32. The van der Waals surface area contributed by atoms with E-state index in [1.54, 1.807) is 0 Å². The van der Waals surface area contributed by atoms with Crippen LogP contribution in [0.15, 0.2) is 18.2 Å². The Morgan fingerprint density at radius 3 is 2.80 bits per heavy atom. The molecule has 1 aromatic rings. The largest absolute Gasteiger partial charge is 0.384 e. The third-order valence-electron chi connectivity index (χ3n) is 4.51. The Hall–Kier alpha value is -1.79. The lowest BCUT2D eigenvalue weighted by Gasteiger charge is -2.08. The second kappa shape index (κ2) is 5.30. The summed E-state index contributed by atoms with van der Waals surface area (Å²) >= 11 is 0. The van der Waals surface area contributed by atoms with Crippen LogP contribution >= 0.6 is 0 Å². The molecule has 3 nitrogen and oxygen atoms in total. The number of aryl methyl sites for hydroxylation is 1. The van der Waals surface area contributed by atoms with E-state index in [0.717, 1.165) is 16.8 Å². The summed E-state index contributed by atoms with van der Waals surface area (Å²) in [6, 6.07) is 5.71. The van der Waals surface area contributed by atoms with Crippen molar-refractivity contribution < 1.29 is 9.90 Å². The lowest BCUT2D eigenvalue weighted by atomic mass is 10.1. The number of carbonyl (C=O) groups is 1. The van der Waals surface area contributed by atoms with E-state index in [9.17, 15) is 4.79 Å². The average Bonchev–Trinajstić information content (AvgIpc) is 2.92. The number of amides is 1. The maximum Gasteiger partial charge on any atom is 0.228 e. The monoisotopic (exact) mass is 269 g/mol. The van der Waals surface area contributed by atoms with Crippen molar-refractivity contribution in [3.8, 4) is 11.8 Å². The summed E-state index contributed by atoms with van der Waals surface area (Å²) < 4.78 is 0. The van der Waals surface area contributed by atoms with Crippen LogP contribution in [-0.4, -0.2) is 17.6 Å². The Balaban J connectivity index is 1.66. The normalized spacial score (nSPS) is 26.4. The van der Waals surface area contributed by atoms with Gasteiger partial charge in [0.1, 0.15) is 6.61 Å². The first-order valence-electron chi connectivity index (χ1n) is 7.22. The number of nitrogens with one attached hydrogen (secondary N) is 1. The molecule has 0 aromatic heterocycles. The molecule has 3 rings (SSSR count). The third-order valence-corrected chi connectivity index (χ3v) is 4.51. The molecule has 0 spiro atoms. The highest BCUT2D eigenvalue weighted by molar-refractivity contribution is 5.95. The van der Waals surface area contributed by atoms with E-state index in [4.69, 9.17) is 5.11 Å². The van der Waals surface area contributed by atoms with Gasteiger partial charge >= 0.3 is 0 Å². The molecule has 0 bridgehead atoms. The molecule has 2 fully saturated rings. The molecular weight excluding hydrogens is 250 g/mol. The average molecular weight is 269 g/mol. The predicted molar refractivity (Wildman–Crippen MR) is 78.1 cm³/mol. The Kier molecular flexibility index (Phi) is 3.50. The zero-order valence-corrected chi connectivity index (χ0v) is 11.6. The van der Waals surface area contributed by atoms with Gasteiger partial charge in [-0.2, -0.15) is 0 Å². The minimum absolute atomic E-state index is 0.137. The van der Waals surface area contributed by atoms with Crippen molar-refractivity contribution in [2.45, 2.75) is 26.2 Å². The first-order valence-corrected chi connectivity index (χ1v) is 7.22. The van der Waals surface area contributed by atoms with Gasteiger partial charge in [-0.15, -0.1) is 0 Å². The van der Waals surface area contributed by atoms with Crippen molar-refractivity contribution in [1.29, 1.82) is 0 Å². The van der Waals surface area contributed by atoms with Crippen LogP contribution in [0.4, 0.5) is 5.69 Å². The first-order chi connectivity index (χ1) is 9.70. The minimum Gasteiger partial charge on any atom is -0.384 e. The van der Waals surface area contributed by atoms with E-state index in [1.807, 2.05) is 25.1 Å². The maximum atomic E-state index is 12.2. The van der Waals surface area contributed by atoms with E-state index in [0.29, 0.717) is 11.8 Å². The Morgan fingerprint density at radius 2 is 2.15 bits per heavy atom. The van der Waals surface area contributed by atoms with Gasteiger partial charge in [0.05, 0.1) is 0 Å². The summed E-state index contributed by atoms with van der Waals surface area (Å²) in [5, 5.41) is 11.7. The van der Waals surface area contributed by atoms with Crippen molar-refractivity contribution in [3.05, 3.63) is 29.3 Å². The van der Waals surface area contributed by atoms with Gasteiger partial charge < -0.3 is 10.4 Å². The summed E-state index contributed by atoms with van der Waals surface area (Å²) in [4.78, 5) is 12.2. The van der Waals surface area contributed by atoms with Gasteiger partial charge in [-0.1, -0.05) is 18.3 Å². The lowest BCUT2D eigenvalue weighted by molar-refractivity contribution is -0.118. The summed E-state index contributed by atoms with van der Waals surface area (Å²) in [5.74, 6) is 7.25. The van der Waals surface area contributed by atoms with Gasteiger partial charge in [-0.3, -0.25) is 4.79 Å². The van der Waals surface area contributed by atoms with Crippen LogP contribution in [0.25, 0.3) is 0 Å². The van der Waals surface area contributed by atoms with E-state index in [-0.39, 0.29) is 18.4 Å². The molecule has 20 heavy (non-hydrogen) atoms. The van der Waals surface area contributed by atoms with Crippen LogP contribution in [0, 0.1) is 36.5 Å². The molecule has 2 saturated carbocycles. The molecule has 2 atom stereocenters. The van der Waals surface area contributed by atoms with Gasteiger partial charge in [-0.05, 0) is 55.4 Å². The Morgan fingerprint density at radius 1 is 1.40 bits per heavy atom. The number of aliphatic hydroxyl groups is 1. The third kappa shape index (κ3) is 2.44. The van der Waals surface area contributed by atoms with Crippen molar-refractivity contribution in [1.82, 2.24) is 0 Å². The van der Waals surface area contributed by atoms with Crippen LogP contribution in [0.1, 0.15) is 30.4 Å². The summed E-state index contributed by atoms with van der Waals surface area (Å²) in [5.41, 5.74) is 2.74. The van der Waals surface area contributed by atoms with Gasteiger partial charge in [0.2, 0.25) is 5.91 Å². The van der Waals surface area contributed by atoms with Gasteiger partial charge in [0, 0.05) is 17.2 Å². The SMILES string of the molecule is Cc1cc(NC(=O)C2C3CCCC32)ccc1C#CCO. The molecule has 3 heteroatoms. The first kappa shape index (κ1) is 13.2. The zero-order chi connectivity index (χ0) is 14.1. The molecule has 0 heterocycles.